The number of halogens is 1. The fraction of sp³-hybridized carbons (Fsp3) is 0.0667. The molecule has 1 heterocycles. The van der Waals surface area contributed by atoms with E-state index in [-0.39, 0.29) is 12.5 Å². The maximum atomic E-state index is 12.1. The molecule has 2 aromatic rings. The first-order chi connectivity index (χ1) is 10.1. The Morgan fingerprint density at radius 1 is 1.24 bits per heavy atom. The maximum absolute atomic E-state index is 12.1. The smallest absolute Gasteiger partial charge is 0.344 e. The molecule has 3 rings (SSSR count). The number of esters is 1. The second-order valence-corrected chi connectivity index (χ2v) is 5.22. The van der Waals surface area contributed by atoms with Crippen LogP contribution in [0.3, 0.4) is 0 Å². The van der Waals surface area contributed by atoms with Crippen molar-refractivity contribution in [3.8, 4) is 11.5 Å². The van der Waals surface area contributed by atoms with Crippen molar-refractivity contribution in [1.82, 2.24) is 0 Å². The Morgan fingerprint density at radius 3 is 2.86 bits per heavy atom. The monoisotopic (exact) mass is 347 g/mol. The van der Waals surface area contributed by atoms with Crippen molar-refractivity contribution in [2.24, 2.45) is 0 Å². The number of rotatable bonds is 2. The van der Waals surface area contributed by atoms with Crippen molar-refractivity contribution in [3.05, 3.63) is 52.5 Å². The number of anilines is 1. The molecule has 106 valence electrons. The second-order valence-electron chi connectivity index (χ2n) is 4.36. The summed E-state index contributed by atoms with van der Waals surface area (Å²) in [6, 6.07) is 11.8. The van der Waals surface area contributed by atoms with Gasteiger partial charge in [-0.3, -0.25) is 4.79 Å². The SMILES string of the molecule is O=C1COc2cc(OC(=O)c3ccccc3Br)ccc2N1. The van der Waals surface area contributed by atoms with E-state index < -0.39 is 5.97 Å². The molecule has 0 atom stereocenters. The Kier molecular flexibility index (Phi) is 3.62. The molecule has 0 saturated heterocycles. The maximum Gasteiger partial charge on any atom is 0.344 e. The van der Waals surface area contributed by atoms with Crippen LogP contribution in [0, 0.1) is 0 Å². The zero-order valence-corrected chi connectivity index (χ0v) is 12.3. The first-order valence-electron chi connectivity index (χ1n) is 6.17. The summed E-state index contributed by atoms with van der Waals surface area (Å²) in [6.45, 7) is -0.0470. The molecular formula is C15H10BrNO4. The van der Waals surface area contributed by atoms with E-state index in [2.05, 4.69) is 21.2 Å². The van der Waals surface area contributed by atoms with E-state index in [1.807, 2.05) is 6.07 Å². The third-order valence-electron chi connectivity index (χ3n) is 2.89. The van der Waals surface area contributed by atoms with Gasteiger partial charge in [0.25, 0.3) is 5.91 Å². The molecule has 0 fully saturated rings. The summed E-state index contributed by atoms with van der Waals surface area (Å²) in [5.41, 5.74) is 0.997. The highest BCUT2D eigenvalue weighted by Crippen LogP contribution is 2.32. The van der Waals surface area contributed by atoms with Crippen LogP contribution in [0.15, 0.2) is 46.9 Å². The molecule has 1 aliphatic rings. The third kappa shape index (κ3) is 2.90. The normalized spacial score (nSPS) is 12.9. The van der Waals surface area contributed by atoms with E-state index in [1.165, 1.54) is 0 Å². The van der Waals surface area contributed by atoms with E-state index in [4.69, 9.17) is 9.47 Å². The van der Waals surface area contributed by atoms with Gasteiger partial charge in [0, 0.05) is 10.5 Å². The topological polar surface area (TPSA) is 64.6 Å². The van der Waals surface area contributed by atoms with Crippen LogP contribution < -0.4 is 14.8 Å². The summed E-state index contributed by atoms with van der Waals surface area (Å²) in [6.07, 6.45) is 0. The summed E-state index contributed by atoms with van der Waals surface area (Å²) in [7, 11) is 0. The van der Waals surface area contributed by atoms with E-state index in [9.17, 15) is 9.59 Å². The highest BCUT2D eigenvalue weighted by molar-refractivity contribution is 9.10. The fourth-order valence-electron chi connectivity index (χ4n) is 1.91. The summed E-state index contributed by atoms with van der Waals surface area (Å²) in [5.74, 6) is 0.153. The van der Waals surface area contributed by atoms with Gasteiger partial charge in [0.05, 0.1) is 11.3 Å². The Bertz CT molecular complexity index is 729. The van der Waals surface area contributed by atoms with E-state index >= 15 is 0 Å². The molecule has 5 nitrogen and oxygen atoms in total. The van der Waals surface area contributed by atoms with Gasteiger partial charge < -0.3 is 14.8 Å². The predicted molar refractivity (Wildman–Crippen MR) is 79.7 cm³/mol. The van der Waals surface area contributed by atoms with Gasteiger partial charge in [-0.05, 0) is 40.2 Å². The van der Waals surface area contributed by atoms with Crippen LogP contribution in [0.4, 0.5) is 5.69 Å². The van der Waals surface area contributed by atoms with Gasteiger partial charge in [-0.1, -0.05) is 12.1 Å². The molecule has 1 N–H and O–H groups in total. The number of carbonyl (C=O) groups is 2. The molecule has 0 radical (unpaired) electrons. The quantitative estimate of drug-likeness (QED) is 0.669. The Morgan fingerprint density at radius 2 is 2.05 bits per heavy atom. The first-order valence-corrected chi connectivity index (χ1v) is 6.96. The van der Waals surface area contributed by atoms with Crippen molar-refractivity contribution in [2.45, 2.75) is 0 Å². The number of amides is 1. The van der Waals surface area contributed by atoms with Crippen LogP contribution in [-0.4, -0.2) is 18.5 Å². The summed E-state index contributed by atoms with van der Waals surface area (Å²) in [4.78, 5) is 23.3. The van der Waals surface area contributed by atoms with Gasteiger partial charge >= 0.3 is 5.97 Å². The summed E-state index contributed by atoms with van der Waals surface area (Å²) < 4.78 is 11.3. The lowest BCUT2D eigenvalue weighted by atomic mass is 10.2. The van der Waals surface area contributed by atoms with Gasteiger partial charge in [-0.25, -0.2) is 4.79 Å². The highest BCUT2D eigenvalue weighted by Gasteiger charge is 2.18. The van der Waals surface area contributed by atoms with Crippen LogP contribution in [-0.2, 0) is 4.79 Å². The number of hydrogen-bond donors (Lipinski definition) is 1. The summed E-state index contributed by atoms with van der Waals surface area (Å²) in [5, 5.41) is 2.67. The molecule has 0 aromatic heterocycles. The first kappa shape index (κ1) is 13.6. The summed E-state index contributed by atoms with van der Waals surface area (Å²) >= 11 is 3.30. The highest BCUT2D eigenvalue weighted by atomic mass is 79.9. The largest absolute Gasteiger partial charge is 0.481 e. The van der Waals surface area contributed by atoms with Crippen LogP contribution in [0.1, 0.15) is 10.4 Å². The minimum atomic E-state index is -0.470. The zero-order chi connectivity index (χ0) is 14.8. The fourth-order valence-corrected chi connectivity index (χ4v) is 2.35. The Labute approximate surface area is 129 Å². The number of nitrogens with one attached hydrogen (secondary N) is 1. The lowest BCUT2D eigenvalue weighted by molar-refractivity contribution is -0.118. The van der Waals surface area contributed by atoms with Crippen molar-refractivity contribution >= 4 is 33.5 Å². The lowest BCUT2D eigenvalue weighted by Crippen LogP contribution is -2.25. The van der Waals surface area contributed by atoms with E-state index in [1.54, 1.807) is 36.4 Å². The number of ether oxygens (including phenoxy) is 2. The third-order valence-corrected chi connectivity index (χ3v) is 3.58. The van der Waals surface area contributed by atoms with Crippen molar-refractivity contribution in [3.63, 3.8) is 0 Å². The van der Waals surface area contributed by atoms with Gasteiger partial charge in [-0.15, -0.1) is 0 Å². The molecule has 0 saturated carbocycles. The molecule has 1 amide bonds. The van der Waals surface area contributed by atoms with Crippen LogP contribution in [0.2, 0.25) is 0 Å². The minimum absolute atomic E-state index is 0.0470. The molecule has 0 bridgehead atoms. The Balaban J connectivity index is 1.81. The number of benzene rings is 2. The standard InChI is InChI=1S/C15H10BrNO4/c16-11-4-2-1-3-10(11)15(19)21-9-5-6-12-13(7-9)20-8-14(18)17-12/h1-7H,8H2,(H,17,18). The molecule has 1 aliphatic heterocycles. The van der Waals surface area contributed by atoms with E-state index in [0.29, 0.717) is 27.2 Å². The molecule has 0 aliphatic carbocycles. The lowest BCUT2D eigenvalue weighted by Gasteiger charge is -2.18. The number of hydrogen-bond acceptors (Lipinski definition) is 4. The minimum Gasteiger partial charge on any atom is -0.481 e. The molecular weight excluding hydrogens is 338 g/mol. The van der Waals surface area contributed by atoms with Gasteiger partial charge in [0.2, 0.25) is 0 Å². The number of fused-ring (bicyclic) bond motifs is 1. The second kappa shape index (κ2) is 5.57. The molecule has 0 unspecified atom stereocenters. The van der Waals surface area contributed by atoms with Crippen molar-refractivity contribution in [2.75, 3.05) is 11.9 Å². The molecule has 0 spiro atoms. The zero-order valence-electron chi connectivity index (χ0n) is 10.8. The van der Waals surface area contributed by atoms with Crippen molar-refractivity contribution < 1.29 is 19.1 Å². The number of carbonyl (C=O) groups excluding carboxylic acids is 2. The average Bonchev–Trinajstić information content (AvgIpc) is 2.48. The molecule has 2 aromatic carbocycles. The van der Waals surface area contributed by atoms with E-state index in [0.717, 1.165) is 0 Å². The predicted octanol–water partition coefficient (Wildman–Crippen LogP) is 3.00. The van der Waals surface area contributed by atoms with Crippen LogP contribution in [0.25, 0.3) is 0 Å². The van der Waals surface area contributed by atoms with Crippen LogP contribution >= 0.6 is 15.9 Å². The van der Waals surface area contributed by atoms with Gasteiger partial charge in [0.15, 0.2) is 6.61 Å². The molecule has 21 heavy (non-hydrogen) atoms. The van der Waals surface area contributed by atoms with Gasteiger partial charge in [0.1, 0.15) is 11.5 Å². The Hall–Kier alpha value is -2.34. The molecule has 6 heteroatoms. The average molecular weight is 348 g/mol. The van der Waals surface area contributed by atoms with Crippen LogP contribution in [0.5, 0.6) is 11.5 Å². The van der Waals surface area contributed by atoms with Gasteiger partial charge in [-0.2, -0.15) is 0 Å². The van der Waals surface area contributed by atoms with Crippen molar-refractivity contribution in [1.29, 1.82) is 0 Å².